The van der Waals surface area contributed by atoms with Crippen LogP contribution in [0.2, 0.25) is 0 Å². The molecule has 29 heavy (non-hydrogen) atoms. The van der Waals surface area contributed by atoms with Crippen LogP contribution in [0.1, 0.15) is 26.8 Å². The first-order valence-corrected chi connectivity index (χ1v) is 10.5. The number of fused-ring (bicyclic) bond motifs is 1. The molecular formula is C23H24N2O3S. The van der Waals surface area contributed by atoms with Crippen LogP contribution in [-0.2, 0) is 6.42 Å². The van der Waals surface area contributed by atoms with E-state index in [4.69, 9.17) is 9.47 Å². The lowest BCUT2D eigenvalue weighted by Gasteiger charge is -2.30. The Morgan fingerprint density at radius 1 is 1.14 bits per heavy atom. The average molecular weight is 409 g/mol. The molecular weight excluding hydrogens is 384 g/mol. The second kappa shape index (κ2) is 8.57. The zero-order chi connectivity index (χ0) is 20.2. The molecule has 1 N–H and O–H groups in total. The summed E-state index contributed by atoms with van der Waals surface area (Å²) in [7, 11) is 3.15. The number of para-hydroxylation sites is 1. The van der Waals surface area contributed by atoms with Crippen LogP contribution in [0.15, 0.2) is 60.0 Å². The summed E-state index contributed by atoms with van der Waals surface area (Å²) in [5, 5.41) is 5.19. The van der Waals surface area contributed by atoms with E-state index >= 15 is 0 Å². The minimum Gasteiger partial charge on any atom is -0.497 e. The van der Waals surface area contributed by atoms with Gasteiger partial charge in [0.15, 0.2) is 0 Å². The van der Waals surface area contributed by atoms with Crippen LogP contribution in [0, 0.1) is 0 Å². The number of carbonyl (C=O) groups excluding carboxylic acids is 1. The van der Waals surface area contributed by atoms with E-state index in [1.807, 2.05) is 0 Å². The molecule has 1 atom stereocenters. The Balaban J connectivity index is 1.55. The number of hydrogen-bond acceptors (Lipinski definition) is 5. The average Bonchev–Trinajstić information content (AvgIpc) is 3.44. The number of rotatable bonds is 7. The van der Waals surface area contributed by atoms with Crippen LogP contribution >= 0.6 is 11.3 Å². The fourth-order valence-corrected chi connectivity index (χ4v) is 4.64. The quantitative estimate of drug-likeness (QED) is 0.633. The summed E-state index contributed by atoms with van der Waals surface area (Å²) in [6.45, 7) is 1.46. The maximum Gasteiger partial charge on any atom is 0.255 e. The molecule has 6 heteroatoms. The van der Waals surface area contributed by atoms with E-state index < -0.39 is 0 Å². The van der Waals surface area contributed by atoms with Gasteiger partial charge in [0.25, 0.3) is 5.91 Å². The number of benzene rings is 2. The molecule has 0 bridgehead atoms. The molecule has 0 unspecified atom stereocenters. The minimum absolute atomic E-state index is 0.0897. The second-order valence-electron chi connectivity index (χ2n) is 6.88. The lowest BCUT2D eigenvalue weighted by molar-refractivity contribution is 0.0948. The van der Waals surface area contributed by atoms with Crippen LogP contribution in [-0.4, -0.2) is 33.2 Å². The Kier molecular flexibility index (Phi) is 5.71. The zero-order valence-electron chi connectivity index (χ0n) is 16.6. The zero-order valence-corrected chi connectivity index (χ0v) is 17.4. The van der Waals surface area contributed by atoms with Crippen molar-refractivity contribution in [3.8, 4) is 11.5 Å². The summed E-state index contributed by atoms with van der Waals surface area (Å²) in [4.78, 5) is 16.5. The van der Waals surface area contributed by atoms with Gasteiger partial charge in [0.05, 0.1) is 25.8 Å². The lowest BCUT2D eigenvalue weighted by atomic mass is 10.1. The van der Waals surface area contributed by atoms with E-state index in [-0.39, 0.29) is 11.9 Å². The standard InChI is InChI=1S/C23H24N2O3S/c1-27-17-9-10-18(21(14-17)28-2)23(26)24-15-20(22-8-5-13-29-22)25-12-11-16-6-3-4-7-19(16)25/h3-10,13-14,20H,11-12,15H2,1-2H3,(H,24,26)/t20-/m1/s1. The molecule has 0 radical (unpaired) electrons. The third-order valence-electron chi connectivity index (χ3n) is 5.28. The maximum atomic E-state index is 12.9. The van der Waals surface area contributed by atoms with Gasteiger partial charge in [0.1, 0.15) is 11.5 Å². The van der Waals surface area contributed by atoms with Crippen molar-refractivity contribution in [1.82, 2.24) is 5.32 Å². The summed E-state index contributed by atoms with van der Waals surface area (Å²) < 4.78 is 10.6. The largest absolute Gasteiger partial charge is 0.497 e. The number of ether oxygens (including phenoxy) is 2. The highest BCUT2D eigenvalue weighted by atomic mass is 32.1. The monoisotopic (exact) mass is 408 g/mol. The van der Waals surface area contributed by atoms with E-state index in [2.05, 4.69) is 52.0 Å². The summed E-state index contributed by atoms with van der Waals surface area (Å²) >= 11 is 1.72. The predicted octanol–water partition coefficient (Wildman–Crippen LogP) is 4.30. The number of hydrogen-bond donors (Lipinski definition) is 1. The maximum absolute atomic E-state index is 12.9. The highest BCUT2D eigenvalue weighted by Gasteiger charge is 2.28. The molecule has 1 aromatic heterocycles. The van der Waals surface area contributed by atoms with Crippen molar-refractivity contribution in [1.29, 1.82) is 0 Å². The van der Waals surface area contributed by atoms with Gasteiger partial charge in [0, 0.05) is 29.7 Å². The van der Waals surface area contributed by atoms with Crippen LogP contribution in [0.25, 0.3) is 0 Å². The molecule has 2 aromatic carbocycles. The van der Waals surface area contributed by atoms with Crippen molar-refractivity contribution < 1.29 is 14.3 Å². The summed E-state index contributed by atoms with van der Waals surface area (Å²) in [5.74, 6) is 1.00. The van der Waals surface area contributed by atoms with Crippen molar-refractivity contribution in [3.05, 3.63) is 76.0 Å². The van der Waals surface area contributed by atoms with E-state index in [0.717, 1.165) is 13.0 Å². The Morgan fingerprint density at radius 3 is 2.76 bits per heavy atom. The van der Waals surface area contributed by atoms with Gasteiger partial charge >= 0.3 is 0 Å². The fourth-order valence-electron chi connectivity index (χ4n) is 3.80. The van der Waals surface area contributed by atoms with Crippen molar-refractivity contribution in [2.75, 3.05) is 32.2 Å². The van der Waals surface area contributed by atoms with Gasteiger partial charge in [-0.3, -0.25) is 4.79 Å². The van der Waals surface area contributed by atoms with Crippen molar-refractivity contribution >= 4 is 22.9 Å². The van der Waals surface area contributed by atoms with Crippen LogP contribution in [0.5, 0.6) is 11.5 Å². The number of anilines is 1. The van der Waals surface area contributed by atoms with Crippen molar-refractivity contribution in [2.24, 2.45) is 0 Å². The lowest BCUT2D eigenvalue weighted by Crippen LogP contribution is -2.37. The van der Waals surface area contributed by atoms with Crippen molar-refractivity contribution in [3.63, 3.8) is 0 Å². The van der Waals surface area contributed by atoms with Gasteiger partial charge in [-0.05, 0) is 41.6 Å². The molecule has 4 rings (SSSR count). The first-order chi connectivity index (χ1) is 14.2. The molecule has 150 valence electrons. The van der Waals surface area contributed by atoms with Gasteiger partial charge in [-0.2, -0.15) is 0 Å². The van der Waals surface area contributed by atoms with Gasteiger partial charge in [-0.15, -0.1) is 11.3 Å². The third-order valence-corrected chi connectivity index (χ3v) is 6.25. The first kappa shape index (κ1) is 19.3. The molecule has 0 aliphatic carbocycles. The molecule has 0 saturated carbocycles. The van der Waals surface area contributed by atoms with Crippen LogP contribution in [0.4, 0.5) is 5.69 Å². The number of thiophene rings is 1. The van der Waals surface area contributed by atoms with Gasteiger partial charge in [-0.25, -0.2) is 0 Å². The highest BCUT2D eigenvalue weighted by molar-refractivity contribution is 7.10. The SMILES string of the molecule is COc1ccc(C(=O)NC[C@H](c2cccs2)N2CCc3ccccc32)c(OC)c1. The molecule has 0 saturated heterocycles. The Hall–Kier alpha value is -2.99. The van der Waals surface area contributed by atoms with E-state index in [0.29, 0.717) is 23.6 Å². The Morgan fingerprint density at radius 2 is 2.00 bits per heavy atom. The molecule has 0 spiro atoms. The molecule has 0 fully saturated rings. The van der Waals surface area contributed by atoms with Crippen LogP contribution < -0.4 is 19.7 Å². The summed E-state index contributed by atoms with van der Waals surface area (Å²) in [5.41, 5.74) is 3.11. The first-order valence-electron chi connectivity index (χ1n) is 9.59. The van der Waals surface area contributed by atoms with Crippen LogP contribution in [0.3, 0.4) is 0 Å². The number of nitrogens with one attached hydrogen (secondary N) is 1. The molecule has 3 aromatic rings. The van der Waals surface area contributed by atoms with E-state index in [1.165, 1.54) is 16.1 Å². The molecule has 1 aliphatic rings. The molecule has 1 aliphatic heterocycles. The fraction of sp³-hybridized carbons (Fsp3) is 0.261. The Labute approximate surface area is 174 Å². The van der Waals surface area contributed by atoms with Gasteiger partial charge < -0.3 is 19.7 Å². The van der Waals surface area contributed by atoms with Crippen molar-refractivity contribution in [2.45, 2.75) is 12.5 Å². The number of amides is 1. The minimum atomic E-state index is -0.154. The van der Waals surface area contributed by atoms with E-state index in [9.17, 15) is 4.79 Å². The number of nitrogens with zero attached hydrogens (tertiary/aromatic N) is 1. The molecule has 5 nitrogen and oxygen atoms in total. The summed E-state index contributed by atoms with van der Waals surface area (Å²) in [6, 6.07) is 18.0. The topological polar surface area (TPSA) is 50.8 Å². The molecule has 2 heterocycles. The predicted molar refractivity (Wildman–Crippen MR) is 116 cm³/mol. The third kappa shape index (κ3) is 3.93. The summed E-state index contributed by atoms with van der Waals surface area (Å²) in [6.07, 6.45) is 1.03. The number of carbonyl (C=O) groups is 1. The highest BCUT2D eigenvalue weighted by Crippen LogP contribution is 2.36. The smallest absolute Gasteiger partial charge is 0.255 e. The number of methoxy groups -OCH3 is 2. The van der Waals surface area contributed by atoms with E-state index in [1.54, 1.807) is 43.8 Å². The molecule has 1 amide bonds. The van der Waals surface area contributed by atoms with Gasteiger partial charge in [-0.1, -0.05) is 24.3 Å². The second-order valence-corrected chi connectivity index (χ2v) is 7.86. The normalized spacial score (nSPS) is 13.7. The Bertz CT molecular complexity index is 988. The van der Waals surface area contributed by atoms with Gasteiger partial charge in [0.2, 0.25) is 0 Å².